The van der Waals surface area contributed by atoms with Crippen molar-refractivity contribution in [3.05, 3.63) is 114 Å². The molecule has 4 aromatic rings. The Kier molecular flexibility index (Phi) is 5.93. The second-order valence-electron chi connectivity index (χ2n) is 8.97. The summed E-state index contributed by atoms with van der Waals surface area (Å²) in [6.45, 7) is 0. The van der Waals surface area contributed by atoms with Gasteiger partial charge in [-0.25, -0.2) is 4.99 Å². The Bertz CT molecular complexity index is 1730. The highest BCUT2D eigenvalue weighted by Crippen LogP contribution is 2.43. The number of aryl methyl sites for hydroxylation is 1. The molecule has 0 spiro atoms. The first-order valence-electron chi connectivity index (χ1n) is 12.1. The Morgan fingerprint density at radius 1 is 0.892 bits per heavy atom. The van der Waals surface area contributed by atoms with Gasteiger partial charge in [0.15, 0.2) is 16.3 Å². The molecule has 1 unspecified atom stereocenters. The summed E-state index contributed by atoms with van der Waals surface area (Å²) in [5, 5.41) is 0. The number of hydrogen-bond acceptors (Lipinski definition) is 6. The summed E-state index contributed by atoms with van der Waals surface area (Å²) in [4.78, 5) is 19.7. The van der Waals surface area contributed by atoms with Crippen LogP contribution >= 0.6 is 11.3 Å². The Hall–Kier alpha value is -4.10. The molecule has 0 amide bonds. The first-order valence-corrected chi connectivity index (χ1v) is 12.9. The molecule has 0 N–H and O–H groups in total. The number of para-hydroxylation sites is 1. The number of rotatable bonds is 5. The molecule has 1 aliphatic carbocycles. The van der Waals surface area contributed by atoms with Crippen molar-refractivity contribution in [2.75, 3.05) is 21.3 Å². The van der Waals surface area contributed by atoms with Gasteiger partial charge in [-0.15, -0.1) is 0 Å². The van der Waals surface area contributed by atoms with E-state index in [-0.39, 0.29) is 11.6 Å². The molecule has 6 nitrogen and oxygen atoms in total. The Morgan fingerprint density at radius 2 is 1.65 bits per heavy atom. The summed E-state index contributed by atoms with van der Waals surface area (Å²) < 4.78 is 19.0. The molecule has 7 heteroatoms. The monoisotopic (exact) mass is 510 g/mol. The minimum Gasteiger partial charge on any atom is -0.496 e. The quantitative estimate of drug-likeness (QED) is 0.401. The van der Waals surface area contributed by atoms with Gasteiger partial charge in [-0.05, 0) is 53.8 Å². The summed E-state index contributed by atoms with van der Waals surface area (Å²) in [5.74, 6) is 2.01. The summed E-state index contributed by atoms with van der Waals surface area (Å²) >= 11 is 1.40. The molecule has 3 aromatic carbocycles. The molecule has 0 radical (unpaired) electrons. The van der Waals surface area contributed by atoms with E-state index < -0.39 is 0 Å². The highest BCUT2D eigenvalue weighted by molar-refractivity contribution is 7.07. The van der Waals surface area contributed by atoms with Gasteiger partial charge in [0.05, 0.1) is 37.6 Å². The second-order valence-corrected chi connectivity index (χ2v) is 9.98. The van der Waals surface area contributed by atoms with Crippen molar-refractivity contribution in [1.29, 1.82) is 0 Å². The molecule has 0 saturated heterocycles. The SMILES string of the molecule is COc1ccc(C=c2sc3n(c2=O)C(c2ccccc2OC)C2=C(N=3)c3ccccc3CC2)cc1OC. The lowest BCUT2D eigenvalue weighted by Gasteiger charge is -2.31. The van der Waals surface area contributed by atoms with Crippen molar-refractivity contribution < 1.29 is 14.2 Å². The maximum absolute atomic E-state index is 14.0. The standard InChI is InChI=1S/C30H26N2O4S/c1-34-23-11-7-6-10-21(23)28-22-14-13-19-8-4-5-9-20(19)27(22)31-30-32(28)29(33)26(37-30)17-18-12-15-24(35-2)25(16-18)36-3/h4-12,15-17,28H,13-14H2,1-3H3. The average Bonchev–Trinajstić information content (AvgIpc) is 3.25. The van der Waals surface area contributed by atoms with Crippen molar-refractivity contribution in [2.24, 2.45) is 4.99 Å². The molecule has 1 aliphatic heterocycles. The zero-order valence-corrected chi connectivity index (χ0v) is 21.7. The van der Waals surface area contributed by atoms with Crippen LogP contribution in [-0.2, 0) is 6.42 Å². The van der Waals surface area contributed by atoms with Gasteiger partial charge in [-0.1, -0.05) is 59.9 Å². The fraction of sp³-hybridized carbons (Fsp3) is 0.200. The topological polar surface area (TPSA) is 62.0 Å². The van der Waals surface area contributed by atoms with Crippen LogP contribution in [0.1, 0.15) is 34.7 Å². The van der Waals surface area contributed by atoms with Gasteiger partial charge in [0.25, 0.3) is 5.56 Å². The number of ether oxygens (including phenoxy) is 3. The lowest BCUT2D eigenvalue weighted by Crippen LogP contribution is -2.39. The number of hydrogen-bond donors (Lipinski definition) is 0. The van der Waals surface area contributed by atoms with Crippen LogP contribution in [0.15, 0.2) is 82.1 Å². The second kappa shape index (κ2) is 9.41. The van der Waals surface area contributed by atoms with Gasteiger partial charge >= 0.3 is 0 Å². The third-order valence-electron chi connectivity index (χ3n) is 7.01. The van der Waals surface area contributed by atoms with E-state index in [2.05, 4.69) is 24.3 Å². The molecule has 2 heterocycles. The number of benzene rings is 3. The minimum atomic E-state index is -0.289. The number of thiazole rings is 1. The van der Waals surface area contributed by atoms with Crippen LogP contribution in [0.5, 0.6) is 17.2 Å². The van der Waals surface area contributed by atoms with E-state index >= 15 is 0 Å². The fourth-order valence-electron chi connectivity index (χ4n) is 5.29. The number of methoxy groups -OCH3 is 3. The molecule has 0 bridgehead atoms. The van der Waals surface area contributed by atoms with Crippen molar-refractivity contribution >= 4 is 23.1 Å². The summed E-state index contributed by atoms with van der Waals surface area (Å²) in [6.07, 6.45) is 3.63. The van der Waals surface area contributed by atoms with E-state index in [1.165, 1.54) is 16.9 Å². The number of allylic oxidation sites excluding steroid dienone is 1. The Labute approximate surface area is 218 Å². The van der Waals surface area contributed by atoms with Crippen LogP contribution in [0.2, 0.25) is 0 Å². The minimum absolute atomic E-state index is 0.0696. The highest BCUT2D eigenvalue weighted by Gasteiger charge is 2.33. The van der Waals surface area contributed by atoms with Crippen LogP contribution < -0.4 is 29.1 Å². The molecule has 2 aliphatic rings. The Balaban J connectivity index is 1.61. The Morgan fingerprint density at radius 3 is 2.46 bits per heavy atom. The van der Waals surface area contributed by atoms with E-state index in [4.69, 9.17) is 19.2 Å². The predicted molar refractivity (Wildman–Crippen MR) is 145 cm³/mol. The molecule has 37 heavy (non-hydrogen) atoms. The van der Waals surface area contributed by atoms with Crippen LogP contribution in [0, 0.1) is 0 Å². The van der Waals surface area contributed by atoms with E-state index in [1.807, 2.05) is 53.1 Å². The summed E-state index contributed by atoms with van der Waals surface area (Å²) in [6, 6.07) is 21.7. The average molecular weight is 511 g/mol. The lowest BCUT2D eigenvalue weighted by molar-refractivity contribution is 0.355. The molecule has 0 fully saturated rings. The van der Waals surface area contributed by atoms with Crippen molar-refractivity contribution in [3.63, 3.8) is 0 Å². The van der Waals surface area contributed by atoms with E-state index in [0.29, 0.717) is 20.8 Å². The zero-order valence-electron chi connectivity index (χ0n) is 20.9. The molecule has 186 valence electrons. The lowest BCUT2D eigenvalue weighted by atomic mass is 9.83. The molecular formula is C30H26N2O4S. The van der Waals surface area contributed by atoms with Crippen molar-refractivity contribution in [1.82, 2.24) is 4.57 Å². The van der Waals surface area contributed by atoms with Gasteiger partial charge < -0.3 is 14.2 Å². The van der Waals surface area contributed by atoms with Gasteiger partial charge in [0.1, 0.15) is 5.75 Å². The van der Waals surface area contributed by atoms with Gasteiger partial charge in [-0.3, -0.25) is 9.36 Å². The van der Waals surface area contributed by atoms with Crippen LogP contribution in [-0.4, -0.2) is 25.9 Å². The zero-order chi connectivity index (χ0) is 25.5. The van der Waals surface area contributed by atoms with Crippen molar-refractivity contribution in [2.45, 2.75) is 18.9 Å². The smallest absolute Gasteiger partial charge is 0.271 e. The first-order chi connectivity index (χ1) is 18.1. The van der Waals surface area contributed by atoms with Crippen LogP contribution in [0.4, 0.5) is 0 Å². The van der Waals surface area contributed by atoms with Gasteiger partial charge in [0.2, 0.25) is 0 Å². The normalized spacial score (nSPS) is 16.4. The number of nitrogens with zero attached hydrogens (tertiary/aromatic N) is 2. The number of fused-ring (bicyclic) bond motifs is 3. The third kappa shape index (κ3) is 3.86. The highest BCUT2D eigenvalue weighted by atomic mass is 32.1. The van der Waals surface area contributed by atoms with E-state index in [0.717, 1.165) is 46.6 Å². The summed E-state index contributed by atoms with van der Waals surface area (Å²) in [5.41, 5.74) is 6.29. The van der Waals surface area contributed by atoms with Crippen LogP contribution in [0.25, 0.3) is 11.8 Å². The molecule has 1 atom stereocenters. The predicted octanol–water partition coefficient (Wildman–Crippen LogP) is 4.34. The summed E-state index contributed by atoms with van der Waals surface area (Å²) in [7, 11) is 4.88. The first kappa shape index (κ1) is 23.3. The molecular weight excluding hydrogens is 484 g/mol. The van der Waals surface area contributed by atoms with Crippen LogP contribution in [0.3, 0.4) is 0 Å². The third-order valence-corrected chi connectivity index (χ3v) is 7.99. The number of aromatic nitrogens is 1. The van der Waals surface area contributed by atoms with E-state index in [9.17, 15) is 4.79 Å². The largest absolute Gasteiger partial charge is 0.496 e. The fourth-order valence-corrected chi connectivity index (χ4v) is 6.29. The molecule has 0 saturated carbocycles. The maximum atomic E-state index is 14.0. The molecule has 1 aromatic heterocycles. The van der Waals surface area contributed by atoms with Gasteiger partial charge in [0, 0.05) is 11.1 Å². The van der Waals surface area contributed by atoms with Gasteiger partial charge in [-0.2, -0.15) is 0 Å². The van der Waals surface area contributed by atoms with Crippen molar-refractivity contribution in [3.8, 4) is 17.2 Å². The molecule has 6 rings (SSSR count). The maximum Gasteiger partial charge on any atom is 0.271 e. The van der Waals surface area contributed by atoms with E-state index in [1.54, 1.807) is 21.3 Å².